The number of likely N-dealkylation sites (tertiary alicyclic amines) is 1. The van der Waals surface area contributed by atoms with Crippen LogP contribution in [0.5, 0.6) is 0 Å². The maximum atomic E-state index is 12.9. The number of aromatic nitrogens is 1. The highest BCUT2D eigenvalue weighted by Crippen LogP contribution is 2.22. The van der Waals surface area contributed by atoms with Crippen molar-refractivity contribution in [1.82, 2.24) is 14.8 Å². The summed E-state index contributed by atoms with van der Waals surface area (Å²) >= 11 is 0. The summed E-state index contributed by atoms with van der Waals surface area (Å²) in [5.41, 5.74) is 2.19. The van der Waals surface area contributed by atoms with E-state index in [1.807, 2.05) is 29.2 Å². The van der Waals surface area contributed by atoms with Crippen LogP contribution in [-0.2, 0) is 20.7 Å². The van der Waals surface area contributed by atoms with Crippen LogP contribution >= 0.6 is 0 Å². The van der Waals surface area contributed by atoms with Gasteiger partial charge in [-0.15, -0.1) is 0 Å². The Morgan fingerprint density at radius 2 is 1.96 bits per heavy atom. The fraction of sp³-hybridized carbons (Fsp3) is 0.476. The second kappa shape index (κ2) is 7.75. The molecule has 1 N–H and O–H groups in total. The number of morpholine rings is 1. The van der Waals surface area contributed by atoms with E-state index >= 15 is 0 Å². The number of carbonyl (C=O) groups excluding carboxylic acids is 2. The van der Waals surface area contributed by atoms with Crippen molar-refractivity contribution in [3.05, 3.63) is 45.7 Å². The van der Waals surface area contributed by atoms with Gasteiger partial charge in [-0.05, 0) is 48.9 Å². The average molecular weight is 383 g/mol. The van der Waals surface area contributed by atoms with Gasteiger partial charge in [0.1, 0.15) is 6.04 Å². The summed E-state index contributed by atoms with van der Waals surface area (Å²) in [6.07, 6.45) is 1.83. The number of benzene rings is 1. The monoisotopic (exact) mass is 383 g/mol. The minimum absolute atomic E-state index is 0.0235. The molecule has 2 amide bonds. The van der Waals surface area contributed by atoms with Gasteiger partial charge < -0.3 is 19.5 Å². The molecule has 1 atom stereocenters. The van der Waals surface area contributed by atoms with Gasteiger partial charge in [-0.25, -0.2) is 0 Å². The molecule has 2 aliphatic rings. The number of amides is 2. The van der Waals surface area contributed by atoms with Crippen molar-refractivity contribution in [2.45, 2.75) is 32.2 Å². The number of ether oxygens (including phenoxy) is 1. The topological polar surface area (TPSA) is 82.7 Å². The number of nitrogens with one attached hydrogen (secondary N) is 1. The summed E-state index contributed by atoms with van der Waals surface area (Å²) in [7, 11) is 0. The summed E-state index contributed by atoms with van der Waals surface area (Å²) < 4.78 is 5.32. The minimum Gasteiger partial charge on any atom is -0.378 e. The van der Waals surface area contributed by atoms with E-state index < -0.39 is 0 Å². The summed E-state index contributed by atoms with van der Waals surface area (Å²) in [5, 5.41) is 0.907. The number of fused-ring (bicyclic) bond motifs is 1. The van der Waals surface area contributed by atoms with Crippen LogP contribution in [0.25, 0.3) is 10.9 Å². The highest BCUT2D eigenvalue weighted by Gasteiger charge is 2.36. The number of hydrogen-bond acceptors (Lipinski definition) is 4. The highest BCUT2D eigenvalue weighted by atomic mass is 16.5. The number of aromatic amines is 1. The number of rotatable bonds is 3. The molecule has 3 heterocycles. The molecule has 2 aliphatic heterocycles. The number of pyridine rings is 1. The predicted molar refractivity (Wildman–Crippen MR) is 105 cm³/mol. The lowest BCUT2D eigenvalue weighted by molar-refractivity contribution is -0.146. The molecule has 0 bridgehead atoms. The molecular formula is C21H25N3O4. The van der Waals surface area contributed by atoms with E-state index in [2.05, 4.69) is 4.98 Å². The van der Waals surface area contributed by atoms with E-state index in [4.69, 9.17) is 4.74 Å². The Morgan fingerprint density at radius 1 is 1.18 bits per heavy atom. The van der Waals surface area contributed by atoms with Gasteiger partial charge in [0.15, 0.2) is 0 Å². The van der Waals surface area contributed by atoms with Gasteiger partial charge in [-0.3, -0.25) is 14.4 Å². The molecule has 0 radical (unpaired) electrons. The number of carbonyl (C=O) groups is 2. The number of hydrogen-bond donors (Lipinski definition) is 1. The van der Waals surface area contributed by atoms with E-state index in [1.165, 1.54) is 0 Å². The summed E-state index contributed by atoms with van der Waals surface area (Å²) in [6.45, 7) is 4.71. The molecule has 7 nitrogen and oxygen atoms in total. The molecule has 0 unspecified atom stereocenters. The molecule has 28 heavy (non-hydrogen) atoms. The first-order valence-corrected chi connectivity index (χ1v) is 9.81. The summed E-state index contributed by atoms with van der Waals surface area (Å²) in [6, 6.07) is 7.11. The Bertz CT molecular complexity index is 962. The van der Waals surface area contributed by atoms with E-state index in [1.54, 1.807) is 11.8 Å². The zero-order chi connectivity index (χ0) is 19.7. The van der Waals surface area contributed by atoms with Crippen LogP contribution in [0.1, 0.15) is 24.0 Å². The van der Waals surface area contributed by atoms with Gasteiger partial charge in [0.25, 0.3) is 5.56 Å². The van der Waals surface area contributed by atoms with Crippen LogP contribution in [0.4, 0.5) is 0 Å². The Hall–Kier alpha value is -2.67. The van der Waals surface area contributed by atoms with Crippen LogP contribution in [0, 0.1) is 6.92 Å². The van der Waals surface area contributed by atoms with Crippen LogP contribution < -0.4 is 5.56 Å². The third-order valence-corrected chi connectivity index (χ3v) is 5.63. The first-order valence-electron chi connectivity index (χ1n) is 9.81. The molecule has 1 aromatic heterocycles. The second-order valence-corrected chi connectivity index (χ2v) is 7.56. The Kier molecular flexibility index (Phi) is 5.17. The standard InChI is InChI=1S/C21H25N3O4/c1-14-11-16-12-15(4-5-17(16)22-20(14)26)13-19(25)24-6-2-3-18(24)21(27)23-7-9-28-10-8-23/h4-5,11-12,18H,2-3,6-10,13H2,1H3,(H,22,26)/t18-/m1/s1. The molecule has 0 aliphatic carbocycles. The second-order valence-electron chi connectivity index (χ2n) is 7.56. The van der Waals surface area contributed by atoms with Crippen LogP contribution in [0.15, 0.2) is 29.1 Å². The average Bonchev–Trinajstić information content (AvgIpc) is 3.19. The SMILES string of the molecule is Cc1cc2cc(CC(=O)N3CCC[C@@H]3C(=O)N3CCOCC3)ccc2[nH]c1=O. The largest absolute Gasteiger partial charge is 0.378 e. The van der Waals surface area contributed by atoms with Crippen molar-refractivity contribution in [2.75, 3.05) is 32.8 Å². The lowest BCUT2D eigenvalue weighted by Crippen LogP contribution is -2.51. The van der Waals surface area contributed by atoms with E-state index in [-0.39, 0.29) is 29.8 Å². The molecular weight excluding hydrogens is 358 g/mol. The van der Waals surface area contributed by atoms with Crippen molar-refractivity contribution < 1.29 is 14.3 Å². The number of aryl methyl sites for hydroxylation is 1. The minimum atomic E-state index is -0.357. The Balaban J connectivity index is 1.49. The van der Waals surface area contributed by atoms with E-state index in [9.17, 15) is 14.4 Å². The van der Waals surface area contributed by atoms with Crippen molar-refractivity contribution in [2.24, 2.45) is 0 Å². The quantitative estimate of drug-likeness (QED) is 0.864. The number of nitrogens with zero attached hydrogens (tertiary/aromatic N) is 2. The third kappa shape index (κ3) is 3.67. The summed E-state index contributed by atoms with van der Waals surface area (Å²) in [5.74, 6) is 0.0190. The predicted octanol–water partition coefficient (Wildman–Crippen LogP) is 1.23. The molecule has 2 aromatic rings. The Labute approximate surface area is 163 Å². The van der Waals surface area contributed by atoms with Gasteiger partial charge in [0.2, 0.25) is 11.8 Å². The zero-order valence-corrected chi connectivity index (χ0v) is 16.1. The highest BCUT2D eigenvalue weighted by molar-refractivity contribution is 5.90. The maximum Gasteiger partial charge on any atom is 0.251 e. The molecule has 2 saturated heterocycles. The molecule has 7 heteroatoms. The molecule has 1 aromatic carbocycles. The molecule has 148 valence electrons. The lowest BCUT2D eigenvalue weighted by Gasteiger charge is -2.32. The van der Waals surface area contributed by atoms with Crippen molar-refractivity contribution in [3.63, 3.8) is 0 Å². The van der Waals surface area contributed by atoms with Crippen LogP contribution in [0.2, 0.25) is 0 Å². The van der Waals surface area contributed by atoms with Gasteiger partial charge in [0.05, 0.1) is 19.6 Å². The molecule has 0 spiro atoms. The fourth-order valence-corrected chi connectivity index (χ4v) is 4.07. The number of H-pyrrole nitrogens is 1. The normalized spacial score (nSPS) is 20.0. The Morgan fingerprint density at radius 3 is 2.75 bits per heavy atom. The van der Waals surface area contributed by atoms with Crippen molar-refractivity contribution >= 4 is 22.7 Å². The van der Waals surface area contributed by atoms with E-state index in [0.29, 0.717) is 38.4 Å². The third-order valence-electron chi connectivity index (χ3n) is 5.63. The van der Waals surface area contributed by atoms with Gasteiger partial charge in [-0.1, -0.05) is 6.07 Å². The van der Waals surface area contributed by atoms with Crippen LogP contribution in [0.3, 0.4) is 0 Å². The van der Waals surface area contributed by atoms with Crippen LogP contribution in [-0.4, -0.2) is 65.5 Å². The van der Waals surface area contributed by atoms with Gasteiger partial charge in [0, 0.05) is 30.7 Å². The van der Waals surface area contributed by atoms with Crippen molar-refractivity contribution in [1.29, 1.82) is 0 Å². The van der Waals surface area contributed by atoms with Gasteiger partial charge >= 0.3 is 0 Å². The van der Waals surface area contributed by atoms with E-state index in [0.717, 1.165) is 29.3 Å². The first-order chi connectivity index (χ1) is 13.5. The lowest BCUT2D eigenvalue weighted by atomic mass is 10.1. The molecule has 0 saturated carbocycles. The zero-order valence-electron chi connectivity index (χ0n) is 16.1. The smallest absolute Gasteiger partial charge is 0.251 e. The fourth-order valence-electron chi connectivity index (χ4n) is 4.07. The van der Waals surface area contributed by atoms with Gasteiger partial charge in [-0.2, -0.15) is 0 Å². The van der Waals surface area contributed by atoms with Crippen molar-refractivity contribution in [3.8, 4) is 0 Å². The summed E-state index contributed by atoms with van der Waals surface area (Å²) in [4.78, 5) is 43.9. The molecule has 4 rings (SSSR count). The molecule has 2 fully saturated rings. The maximum absolute atomic E-state index is 12.9. The first kappa shape index (κ1) is 18.7.